The van der Waals surface area contributed by atoms with Gasteiger partial charge in [-0.05, 0) is 65.6 Å². The van der Waals surface area contributed by atoms with E-state index >= 15 is 0 Å². The van der Waals surface area contributed by atoms with Crippen molar-refractivity contribution in [3.05, 3.63) is 127 Å². The maximum absolute atomic E-state index is 14.5. The number of hydrogen-bond acceptors (Lipinski definition) is 12. The summed E-state index contributed by atoms with van der Waals surface area (Å²) < 4.78 is 49.0. The molecule has 5 N–H and O–H groups in total. The molecule has 0 spiro atoms. The number of pyridine rings is 2. The molecule has 2 aliphatic rings. The minimum Gasteiger partial charge on any atom is -0.435 e. The molecule has 2 aliphatic heterocycles. The van der Waals surface area contributed by atoms with Crippen LogP contribution in [0, 0.1) is 0 Å². The lowest BCUT2D eigenvalue weighted by molar-refractivity contribution is -0.215. The van der Waals surface area contributed by atoms with Crippen LogP contribution in [0.4, 0.5) is 13.6 Å². The fourth-order valence-corrected chi connectivity index (χ4v) is 6.82. The van der Waals surface area contributed by atoms with Crippen molar-refractivity contribution < 1.29 is 58.1 Å². The average Bonchev–Trinajstić information content (AvgIpc) is 3.20. The molecular weight excluding hydrogens is 836 g/mol. The quantitative estimate of drug-likeness (QED) is 0.115. The third-order valence-electron chi connectivity index (χ3n) is 9.25. The molecule has 12 nitrogen and oxygen atoms in total. The maximum atomic E-state index is 14.5. The van der Waals surface area contributed by atoms with Gasteiger partial charge in [-0.3, -0.25) is 9.97 Å². The van der Waals surface area contributed by atoms with Crippen molar-refractivity contribution in [2.45, 2.75) is 80.9 Å². The second-order valence-corrected chi connectivity index (χ2v) is 14.9. The van der Waals surface area contributed by atoms with E-state index in [1.165, 1.54) is 12.4 Å². The molecule has 2 fully saturated rings. The van der Waals surface area contributed by atoms with Crippen molar-refractivity contribution in [3.8, 4) is 0 Å². The molecule has 0 aliphatic carbocycles. The first-order valence-electron chi connectivity index (χ1n) is 17.7. The molecule has 2 aromatic heterocycles. The minimum absolute atomic E-state index is 0.101. The second kappa shape index (κ2) is 20.6. The van der Waals surface area contributed by atoms with Crippen molar-refractivity contribution >= 4 is 52.6 Å². The Bertz CT molecular complexity index is 1930. The van der Waals surface area contributed by atoms with E-state index in [9.17, 15) is 39.1 Å². The van der Waals surface area contributed by atoms with Gasteiger partial charge in [0.25, 0.3) is 0 Å². The number of halogens is 6. The number of aliphatic hydroxyl groups is 5. The van der Waals surface area contributed by atoms with Crippen molar-refractivity contribution in [2.24, 2.45) is 0 Å². The molecule has 10 unspecified atom stereocenters. The Labute approximate surface area is 346 Å². The van der Waals surface area contributed by atoms with E-state index in [4.69, 9.17) is 60.6 Å². The van der Waals surface area contributed by atoms with Gasteiger partial charge >= 0.3 is 6.16 Å². The highest BCUT2D eigenvalue weighted by Gasteiger charge is 2.47. The van der Waals surface area contributed by atoms with Gasteiger partial charge in [-0.15, -0.1) is 0 Å². The first-order valence-corrected chi connectivity index (χ1v) is 19.2. The van der Waals surface area contributed by atoms with Crippen LogP contribution in [0.15, 0.2) is 73.1 Å². The molecular formula is C39H40Cl4F2N2O10. The summed E-state index contributed by atoms with van der Waals surface area (Å²) in [6.07, 6.45) is -11.8. The summed E-state index contributed by atoms with van der Waals surface area (Å²) >= 11 is 24.3. The first kappa shape index (κ1) is 44.8. The van der Waals surface area contributed by atoms with E-state index in [1.807, 2.05) is 0 Å². The lowest BCUT2D eigenvalue weighted by atomic mass is 9.91. The largest absolute Gasteiger partial charge is 0.508 e. The Balaban J connectivity index is 0.000000221. The van der Waals surface area contributed by atoms with Crippen molar-refractivity contribution in [1.82, 2.24) is 9.97 Å². The van der Waals surface area contributed by atoms with Crippen molar-refractivity contribution in [2.75, 3.05) is 19.8 Å². The number of aromatic nitrogens is 2. The molecule has 308 valence electrons. The fraction of sp³-hybridized carbons (Fsp3) is 0.410. The van der Waals surface area contributed by atoms with Crippen LogP contribution in [0.1, 0.15) is 52.8 Å². The zero-order chi connectivity index (χ0) is 41.4. The lowest BCUT2D eigenvalue weighted by Crippen LogP contribution is -2.53. The van der Waals surface area contributed by atoms with Gasteiger partial charge in [0, 0.05) is 46.7 Å². The number of nitrogens with zero attached hydrogens (tertiary/aromatic N) is 2. The molecule has 18 heteroatoms. The summed E-state index contributed by atoms with van der Waals surface area (Å²) in [5, 5.41) is 51.9. The average molecular weight is 877 g/mol. The normalized spacial score (nSPS) is 27.2. The number of ether oxygens (including phenoxy) is 4. The van der Waals surface area contributed by atoms with Crippen LogP contribution in [-0.4, -0.2) is 110 Å². The van der Waals surface area contributed by atoms with E-state index in [2.05, 4.69) is 14.7 Å². The Morgan fingerprint density at radius 1 is 0.684 bits per heavy atom. The van der Waals surface area contributed by atoms with E-state index in [-0.39, 0.29) is 6.61 Å². The highest BCUT2D eigenvalue weighted by atomic mass is 35.5. The molecule has 4 heterocycles. The maximum Gasteiger partial charge on any atom is 0.508 e. The van der Waals surface area contributed by atoms with E-state index in [1.54, 1.807) is 67.6 Å². The third kappa shape index (κ3) is 11.5. The Hall–Kier alpha value is -3.25. The highest BCUT2D eigenvalue weighted by Crippen LogP contribution is 2.37. The molecule has 4 aromatic rings. The summed E-state index contributed by atoms with van der Waals surface area (Å²) in [5.41, 5.74) is 3.89. The first-order chi connectivity index (χ1) is 27.2. The third-order valence-corrected chi connectivity index (χ3v) is 10.4. The minimum atomic E-state index is -1.95. The second-order valence-electron chi connectivity index (χ2n) is 13.2. The molecule has 0 amide bonds. The molecule has 57 heavy (non-hydrogen) atoms. The Morgan fingerprint density at radius 3 is 1.56 bits per heavy atom. The van der Waals surface area contributed by atoms with Crippen LogP contribution < -0.4 is 0 Å². The number of rotatable bonds is 10. The number of hydrogen-bond donors (Lipinski definition) is 5. The van der Waals surface area contributed by atoms with Gasteiger partial charge in [-0.1, -0.05) is 70.7 Å². The van der Waals surface area contributed by atoms with Crippen molar-refractivity contribution in [3.63, 3.8) is 0 Å². The molecule has 10 atom stereocenters. The SMILES string of the molecule is CCOC(=O)OCC1OC(c2ccc(Cl)c(Cc3ccc(Cl)cn3)c2)C(O)C(O)C1F.OCC1OC(c2ccc(Cl)c(Cc3ccc(Cl)cn3)c2)C(O)C(O)C1F. The monoisotopic (exact) mass is 874 g/mol. The number of alkyl halides is 2. The van der Waals surface area contributed by atoms with Crippen LogP contribution in [0.2, 0.25) is 20.1 Å². The van der Waals surface area contributed by atoms with E-state index < -0.39 is 80.5 Å². The van der Waals surface area contributed by atoms with Gasteiger partial charge in [0.2, 0.25) is 0 Å². The van der Waals surface area contributed by atoms with Crippen LogP contribution in [0.25, 0.3) is 0 Å². The number of carbonyl (C=O) groups excluding carboxylic acids is 1. The van der Waals surface area contributed by atoms with E-state index in [0.29, 0.717) is 49.6 Å². The standard InChI is InChI=1S/C21H22Cl2FNO6.C18H18Cl2FNO4/c1-2-29-21(28)30-10-16-17(24)18(26)19(27)20(31-16)11-3-6-15(23)12(7-11)8-14-5-4-13(22)9-25-14;19-11-2-3-12(22-7-11)6-10-5-9(1-4-13(10)20)18-17(25)16(24)15(21)14(8-23)26-18/h3-7,9,16-20,26-27H,2,8,10H2,1H3;1-5,7,14-18,23-25H,6,8H2. The number of benzene rings is 2. The van der Waals surface area contributed by atoms with Crippen molar-refractivity contribution in [1.29, 1.82) is 0 Å². The summed E-state index contributed by atoms with van der Waals surface area (Å²) in [6, 6.07) is 16.9. The molecule has 0 saturated carbocycles. The topological polar surface area (TPSA) is 181 Å². The highest BCUT2D eigenvalue weighted by molar-refractivity contribution is 6.32. The summed E-state index contributed by atoms with van der Waals surface area (Å²) in [6.45, 7) is 0.625. The fourth-order valence-electron chi connectivity index (χ4n) is 6.23. The van der Waals surface area contributed by atoms with Gasteiger partial charge in [-0.2, -0.15) is 0 Å². The predicted molar refractivity (Wildman–Crippen MR) is 206 cm³/mol. The summed E-state index contributed by atoms with van der Waals surface area (Å²) in [5.74, 6) is 0. The molecule has 2 saturated heterocycles. The smallest absolute Gasteiger partial charge is 0.435 e. The van der Waals surface area contributed by atoms with Crippen LogP contribution in [0.5, 0.6) is 0 Å². The van der Waals surface area contributed by atoms with Gasteiger partial charge in [-0.25, -0.2) is 13.6 Å². The van der Waals surface area contributed by atoms with Gasteiger partial charge in [0.15, 0.2) is 12.3 Å². The van der Waals surface area contributed by atoms with Crippen LogP contribution >= 0.6 is 46.4 Å². The van der Waals surface area contributed by atoms with Gasteiger partial charge < -0.3 is 44.5 Å². The Morgan fingerprint density at radius 2 is 1.14 bits per heavy atom. The lowest BCUT2D eigenvalue weighted by Gasteiger charge is -2.39. The summed E-state index contributed by atoms with van der Waals surface area (Å²) in [4.78, 5) is 19.9. The summed E-state index contributed by atoms with van der Waals surface area (Å²) in [7, 11) is 0. The molecule has 2 aromatic carbocycles. The zero-order valence-electron chi connectivity index (χ0n) is 30.2. The van der Waals surface area contributed by atoms with E-state index in [0.717, 1.165) is 17.0 Å². The van der Waals surface area contributed by atoms with Gasteiger partial charge in [0.1, 0.15) is 55.4 Å². The van der Waals surface area contributed by atoms with Crippen LogP contribution in [0.3, 0.4) is 0 Å². The Kier molecular flexibility index (Phi) is 16.2. The van der Waals surface area contributed by atoms with Crippen LogP contribution in [-0.2, 0) is 31.8 Å². The number of carbonyl (C=O) groups is 1. The predicted octanol–water partition coefficient (Wildman–Crippen LogP) is 6.12. The molecule has 6 rings (SSSR count). The van der Waals surface area contributed by atoms with Gasteiger partial charge in [0.05, 0.1) is 23.3 Å². The molecule has 0 bridgehead atoms. The number of aliphatic hydroxyl groups excluding tert-OH is 5. The zero-order valence-corrected chi connectivity index (χ0v) is 33.2. The molecule has 0 radical (unpaired) electrons.